The van der Waals surface area contributed by atoms with Crippen molar-refractivity contribution < 1.29 is 14.3 Å². The predicted molar refractivity (Wildman–Crippen MR) is 110 cm³/mol. The van der Waals surface area contributed by atoms with Crippen LogP contribution in [0.3, 0.4) is 0 Å². The van der Waals surface area contributed by atoms with E-state index in [2.05, 4.69) is 20.9 Å². The van der Waals surface area contributed by atoms with Gasteiger partial charge in [-0.2, -0.15) is 0 Å². The van der Waals surface area contributed by atoms with Crippen LogP contribution in [0.5, 0.6) is 11.5 Å². The van der Waals surface area contributed by atoms with Crippen LogP contribution in [0.25, 0.3) is 0 Å². The molecule has 1 aromatic carbocycles. The number of ether oxygens (including phenoxy) is 2. The van der Waals surface area contributed by atoms with Crippen molar-refractivity contribution in [1.29, 1.82) is 0 Å². The van der Waals surface area contributed by atoms with Crippen molar-refractivity contribution in [3.05, 3.63) is 24.3 Å². The minimum atomic E-state index is -0.0961. The zero-order valence-corrected chi connectivity index (χ0v) is 17.2. The number of benzene rings is 1. The molecule has 2 unspecified atom stereocenters. The average Bonchev–Trinajstić information content (AvgIpc) is 2.66. The van der Waals surface area contributed by atoms with Crippen molar-refractivity contribution in [3.63, 3.8) is 0 Å². The highest BCUT2D eigenvalue weighted by Gasteiger charge is 2.07. The molecular formula is C20H34N4O3. The van der Waals surface area contributed by atoms with E-state index < -0.39 is 0 Å². The number of hydrogen-bond acceptors (Lipinski definition) is 4. The number of guanidine groups is 1. The van der Waals surface area contributed by atoms with E-state index in [4.69, 9.17) is 9.47 Å². The summed E-state index contributed by atoms with van der Waals surface area (Å²) in [5.41, 5.74) is 0. The lowest BCUT2D eigenvalue weighted by atomic mass is 10.2. The average molecular weight is 379 g/mol. The van der Waals surface area contributed by atoms with Gasteiger partial charge in [-0.15, -0.1) is 0 Å². The molecule has 0 saturated heterocycles. The molecule has 1 aromatic rings. The molecule has 27 heavy (non-hydrogen) atoms. The number of hydrogen-bond donors (Lipinski definition) is 3. The van der Waals surface area contributed by atoms with Crippen LogP contribution in [0.2, 0.25) is 0 Å². The van der Waals surface area contributed by atoms with Gasteiger partial charge in [-0.05, 0) is 39.3 Å². The van der Waals surface area contributed by atoms with Gasteiger partial charge in [-0.3, -0.25) is 4.79 Å². The summed E-state index contributed by atoms with van der Waals surface area (Å²) in [6, 6.07) is 7.70. The Labute approximate surface area is 162 Å². The molecule has 0 aliphatic carbocycles. The highest BCUT2D eigenvalue weighted by Crippen LogP contribution is 2.19. The maximum absolute atomic E-state index is 11.8. The van der Waals surface area contributed by atoms with E-state index in [-0.39, 0.29) is 18.1 Å². The van der Waals surface area contributed by atoms with Gasteiger partial charge in [0.15, 0.2) is 5.96 Å². The summed E-state index contributed by atoms with van der Waals surface area (Å²) in [7, 11) is 1.63. The highest BCUT2D eigenvalue weighted by atomic mass is 16.5. The first kappa shape index (κ1) is 22.6. The topological polar surface area (TPSA) is 84.0 Å². The smallest absolute Gasteiger partial charge is 0.221 e. The maximum Gasteiger partial charge on any atom is 0.221 e. The summed E-state index contributed by atoms with van der Waals surface area (Å²) >= 11 is 0. The van der Waals surface area contributed by atoms with Crippen LogP contribution in [-0.4, -0.2) is 50.8 Å². The van der Waals surface area contributed by atoms with Gasteiger partial charge in [-0.1, -0.05) is 13.0 Å². The van der Waals surface area contributed by atoms with Gasteiger partial charge in [0, 0.05) is 31.6 Å². The van der Waals surface area contributed by atoms with Crippen LogP contribution in [0.1, 0.15) is 40.5 Å². The Hall–Kier alpha value is -2.44. The molecule has 0 fully saturated rings. The minimum Gasteiger partial charge on any atom is -0.497 e. The monoisotopic (exact) mass is 378 g/mol. The lowest BCUT2D eigenvalue weighted by Crippen LogP contribution is -2.40. The molecule has 7 nitrogen and oxygen atoms in total. The third-order valence-electron chi connectivity index (χ3n) is 3.89. The van der Waals surface area contributed by atoms with Crippen molar-refractivity contribution in [2.45, 2.75) is 52.7 Å². The molecule has 0 radical (unpaired) electrons. The zero-order valence-electron chi connectivity index (χ0n) is 17.2. The van der Waals surface area contributed by atoms with Gasteiger partial charge in [-0.25, -0.2) is 4.99 Å². The summed E-state index contributed by atoms with van der Waals surface area (Å²) < 4.78 is 11.1. The first-order chi connectivity index (χ1) is 13.0. The lowest BCUT2D eigenvalue weighted by molar-refractivity contribution is -0.121. The molecule has 0 spiro atoms. The zero-order chi connectivity index (χ0) is 20.1. The second kappa shape index (κ2) is 12.8. The number of rotatable bonds is 11. The van der Waals surface area contributed by atoms with Crippen molar-refractivity contribution in [2.24, 2.45) is 4.99 Å². The lowest BCUT2D eigenvalue weighted by Gasteiger charge is -2.16. The fourth-order valence-corrected chi connectivity index (χ4v) is 2.25. The number of carbonyl (C=O) groups is 1. The van der Waals surface area contributed by atoms with Gasteiger partial charge in [0.25, 0.3) is 0 Å². The molecule has 3 N–H and O–H groups in total. The predicted octanol–water partition coefficient (Wildman–Crippen LogP) is 2.32. The van der Waals surface area contributed by atoms with Crippen molar-refractivity contribution >= 4 is 11.9 Å². The summed E-state index contributed by atoms with van der Waals surface area (Å²) in [5.74, 6) is 2.22. The number of methoxy groups -OCH3 is 1. The number of carbonyl (C=O) groups excluding carboxylic acids is 1. The Morgan fingerprint density at radius 2 is 1.93 bits per heavy atom. The molecule has 2 atom stereocenters. The molecule has 0 saturated carbocycles. The van der Waals surface area contributed by atoms with E-state index in [1.807, 2.05) is 52.0 Å². The molecule has 1 amide bonds. The molecular weight excluding hydrogens is 344 g/mol. The Morgan fingerprint density at radius 1 is 1.19 bits per heavy atom. The van der Waals surface area contributed by atoms with Crippen LogP contribution in [0.4, 0.5) is 0 Å². The number of amides is 1. The molecule has 0 heterocycles. The van der Waals surface area contributed by atoms with Crippen molar-refractivity contribution in [3.8, 4) is 11.5 Å². The van der Waals surface area contributed by atoms with Crippen molar-refractivity contribution in [2.75, 3.05) is 26.7 Å². The molecule has 7 heteroatoms. The maximum atomic E-state index is 11.8. The summed E-state index contributed by atoms with van der Waals surface area (Å²) in [6.07, 6.45) is 1.24. The Balaban J connectivity index is 2.46. The standard InChI is InChI=1S/C20H34N4O3/c1-6-15(3)24-19(25)11-12-22-20(21-7-2)23-14-16(4)27-18-10-8-9-17(13-18)26-5/h8-10,13,15-16H,6-7,11-12,14H2,1-5H3,(H,24,25)(H2,21,22,23). The van der Waals surface area contributed by atoms with Crippen LogP contribution in [0, 0.1) is 0 Å². The quantitative estimate of drug-likeness (QED) is 0.407. The first-order valence-electron chi connectivity index (χ1n) is 9.60. The summed E-state index contributed by atoms with van der Waals surface area (Å²) in [5, 5.41) is 9.31. The van der Waals surface area contributed by atoms with E-state index in [0.29, 0.717) is 25.5 Å². The SMILES string of the molecule is CCNC(=NCC(C)Oc1cccc(OC)c1)NCCC(=O)NC(C)CC. The van der Waals surface area contributed by atoms with E-state index in [1.54, 1.807) is 7.11 Å². The van der Waals surface area contributed by atoms with E-state index in [9.17, 15) is 4.79 Å². The van der Waals surface area contributed by atoms with E-state index >= 15 is 0 Å². The fourth-order valence-electron chi connectivity index (χ4n) is 2.25. The number of aliphatic imine (C=N–C) groups is 1. The molecule has 0 bridgehead atoms. The molecule has 1 rings (SSSR count). The Kier molecular flexibility index (Phi) is 10.7. The second-order valence-corrected chi connectivity index (χ2v) is 6.38. The molecule has 152 valence electrons. The number of nitrogens with one attached hydrogen (secondary N) is 3. The minimum absolute atomic E-state index is 0.0439. The molecule has 0 aliphatic heterocycles. The van der Waals surface area contributed by atoms with Crippen LogP contribution in [0.15, 0.2) is 29.3 Å². The van der Waals surface area contributed by atoms with Crippen LogP contribution in [-0.2, 0) is 4.79 Å². The van der Waals surface area contributed by atoms with Crippen LogP contribution < -0.4 is 25.4 Å². The van der Waals surface area contributed by atoms with Gasteiger partial charge in [0.05, 0.1) is 13.7 Å². The first-order valence-corrected chi connectivity index (χ1v) is 9.60. The second-order valence-electron chi connectivity index (χ2n) is 6.38. The van der Waals surface area contributed by atoms with E-state index in [1.165, 1.54) is 0 Å². The van der Waals surface area contributed by atoms with Gasteiger partial charge in [0.1, 0.15) is 17.6 Å². The third-order valence-corrected chi connectivity index (χ3v) is 3.89. The summed E-state index contributed by atoms with van der Waals surface area (Å²) in [4.78, 5) is 16.4. The normalized spacial score (nSPS) is 13.4. The van der Waals surface area contributed by atoms with E-state index in [0.717, 1.165) is 24.5 Å². The third kappa shape index (κ3) is 9.72. The number of nitrogens with zero attached hydrogens (tertiary/aromatic N) is 1. The fraction of sp³-hybridized carbons (Fsp3) is 0.600. The Bertz CT molecular complexity index is 592. The van der Waals surface area contributed by atoms with Crippen LogP contribution >= 0.6 is 0 Å². The van der Waals surface area contributed by atoms with Crippen molar-refractivity contribution in [1.82, 2.24) is 16.0 Å². The largest absolute Gasteiger partial charge is 0.497 e. The molecule has 0 aliphatic rings. The highest BCUT2D eigenvalue weighted by molar-refractivity contribution is 5.81. The van der Waals surface area contributed by atoms with Gasteiger partial charge >= 0.3 is 0 Å². The summed E-state index contributed by atoms with van der Waals surface area (Å²) in [6.45, 7) is 9.78. The van der Waals surface area contributed by atoms with Gasteiger partial charge in [0.2, 0.25) is 5.91 Å². The Morgan fingerprint density at radius 3 is 2.59 bits per heavy atom. The van der Waals surface area contributed by atoms with Gasteiger partial charge < -0.3 is 25.4 Å². The molecule has 0 aromatic heterocycles.